The fraction of sp³-hybridized carbons (Fsp3) is 0.579. The third-order valence-corrected chi connectivity index (χ3v) is 5.02. The number of benzene rings is 1. The molecule has 0 unspecified atom stereocenters. The van der Waals surface area contributed by atoms with Gasteiger partial charge in [0.25, 0.3) is 5.91 Å². The minimum absolute atomic E-state index is 0.0199. The molecule has 138 valence electrons. The van der Waals surface area contributed by atoms with Crippen LogP contribution in [0.15, 0.2) is 24.3 Å². The minimum atomic E-state index is -0.588. The molecular formula is C19H28ClN3O2. The van der Waals surface area contributed by atoms with E-state index in [1.807, 2.05) is 13.8 Å². The number of halogens is 1. The van der Waals surface area contributed by atoms with Gasteiger partial charge < -0.3 is 10.6 Å². The van der Waals surface area contributed by atoms with Crippen LogP contribution in [0.1, 0.15) is 44.0 Å². The molecule has 1 aliphatic heterocycles. The van der Waals surface area contributed by atoms with E-state index in [0.717, 1.165) is 13.1 Å². The van der Waals surface area contributed by atoms with Crippen LogP contribution in [0.3, 0.4) is 0 Å². The lowest BCUT2D eigenvalue weighted by molar-refractivity contribution is -0.124. The molecule has 25 heavy (non-hydrogen) atoms. The van der Waals surface area contributed by atoms with Gasteiger partial charge in [0.2, 0.25) is 5.91 Å². The third kappa shape index (κ3) is 5.44. The number of hydrogen-bond donors (Lipinski definition) is 2. The molecule has 0 aliphatic carbocycles. The minimum Gasteiger partial charge on any atom is -0.353 e. The van der Waals surface area contributed by atoms with Crippen molar-refractivity contribution in [1.29, 1.82) is 0 Å². The maximum atomic E-state index is 12.6. The standard InChI is InChI=1S/C19H28ClN3O2/c1-13(2)17(22-18(24)15-8-4-5-9-16(15)20)19(25)21-12-14(3)23-10-6-7-11-23/h4-5,8-9,13-14,17H,6-7,10-12H2,1-3H3,(H,21,25)(H,22,24)/t14-,17+/m1/s1. The van der Waals surface area contributed by atoms with Crippen molar-refractivity contribution >= 4 is 23.4 Å². The van der Waals surface area contributed by atoms with Crippen LogP contribution >= 0.6 is 11.6 Å². The highest BCUT2D eigenvalue weighted by atomic mass is 35.5. The summed E-state index contributed by atoms with van der Waals surface area (Å²) in [6.45, 7) is 8.73. The van der Waals surface area contributed by atoms with Gasteiger partial charge in [0, 0.05) is 12.6 Å². The molecule has 1 aromatic rings. The summed E-state index contributed by atoms with van der Waals surface area (Å²) < 4.78 is 0. The molecule has 6 heteroatoms. The quantitative estimate of drug-likeness (QED) is 0.781. The summed E-state index contributed by atoms with van der Waals surface area (Å²) in [6, 6.07) is 6.56. The van der Waals surface area contributed by atoms with Gasteiger partial charge in [0.15, 0.2) is 0 Å². The highest BCUT2D eigenvalue weighted by molar-refractivity contribution is 6.33. The molecule has 5 nitrogen and oxygen atoms in total. The average Bonchev–Trinajstić information content (AvgIpc) is 3.11. The van der Waals surface area contributed by atoms with Gasteiger partial charge in [0.05, 0.1) is 10.6 Å². The Morgan fingerprint density at radius 1 is 1.16 bits per heavy atom. The van der Waals surface area contributed by atoms with E-state index in [1.165, 1.54) is 12.8 Å². The summed E-state index contributed by atoms with van der Waals surface area (Å²) in [4.78, 5) is 27.4. The first-order valence-electron chi connectivity index (χ1n) is 8.97. The molecule has 1 aromatic carbocycles. The predicted octanol–water partition coefficient (Wildman–Crippen LogP) is 2.69. The van der Waals surface area contributed by atoms with Crippen LogP contribution in [0.25, 0.3) is 0 Å². The summed E-state index contributed by atoms with van der Waals surface area (Å²) in [5, 5.41) is 6.18. The Hall–Kier alpha value is -1.59. The summed E-state index contributed by atoms with van der Waals surface area (Å²) >= 11 is 6.07. The van der Waals surface area contributed by atoms with Gasteiger partial charge in [-0.1, -0.05) is 37.6 Å². The first kappa shape index (κ1) is 19.7. The van der Waals surface area contributed by atoms with Crippen LogP contribution in [0, 0.1) is 5.92 Å². The Morgan fingerprint density at radius 3 is 2.40 bits per heavy atom. The van der Waals surface area contributed by atoms with Gasteiger partial charge in [-0.15, -0.1) is 0 Å². The van der Waals surface area contributed by atoms with Crippen molar-refractivity contribution in [2.75, 3.05) is 19.6 Å². The SMILES string of the molecule is CC(C)[C@H](NC(=O)c1ccccc1Cl)C(=O)NC[C@@H](C)N1CCCC1. The summed E-state index contributed by atoms with van der Waals surface area (Å²) in [6.07, 6.45) is 2.45. The largest absolute Gasteiger partial charge is 0.353 e. The molecular weight excluding hydrogens is 338 g/mol. The van der Waals surface area contributed by atoms with E-state index in [1.54, 1.807) is 24.3 Å². The zero-order chi connectivity index (χ0) is 18.4. The molecule has 0 saturated carbocycles. The fourth-order valence-electron chi connectivity index (χ4n) is 3.07. The van der Waals surface area contributed by atoms with E-state index in [4.69, 9.17) is 11.6 Å². The monoisotopic (exact) mass is 365 g/mol. The van der Waals surface area contributed by atoms with Crippen LogP contribution in [-0.4, -0.2) is 48.4 Å². The number of amides is 2. The molecule has 0 bridgehead atoms. The lowest BCUT2D eigenvalue weighted by atomic mass is 10.0. The van der Waals surface area contributed by atoms with E-state index in [2.05, 4.69) is 22.5 Å². The second-order valence-corrected chi connectivity index (χ2v) is 7.42. The Bertz CT molecular complexity index is 600. The van der Waals surface area contributed by atoms with Crippen molar-refractivity contribution in [3.05, 3.63) is 34.9 Å². The fourth-order valence-corrected chi connectivity index (χ4v) is 3.29. The lowest BCUT2D eigenvalue weighted by Crippen LogP contribution is -2.52. The first-order chi connectivity index (χ1) is 11.9. The molecule has 0 radical (unpaired) electrons. The van der Waals surface area contributed by atoms with Crippen molar-refractivity contribution in [3.8, 4) is 0 Å². The lowest BCUT2D eigenvalue weighted by Gasteiger charge is -2.26. The summed E-state index contributed by atoms with van der Waals surface area (Å²) in [7, 11) is 0. The Balaban J connectivity index is 1.93. The van der Waals surface area contributed by atoms with Gasteiger partial charge in [-0.3, -0.25) is 14.5 Å². The maximum absolute atomic E-state index is 12.6. The van der Waals surface area contributed by atoms with Crippen LogP contribution in [0.2, 0.25) is 5.02 Å². The molecule has 0 aromatic heterocycles. The van der Waals surface area contributed by atoms with E-state index in [9.17, 15) is 9.59 Å². The van der Waals surface area contributed by atoms with Gasteiger partial charge in [-0.05, 0) is 50.9 Å². The molecule has 2 atom stereocenters. The molecule has 1 fully saturated rings. The summed E-state index contributed by atoms with van der Waals surface area (Å²) in [5.41, 5.74) is 0.382. The molecule has 0 spiro atoms. The van der Waals surface area contributed by atoms with Gasteiger partial charge in [-0.2, -0.15) is 0 Å². The number of likely N-dealkylation sites (tertiary alicyclic amines) is 1. The molecule has 2 N–H and O–H groups in total. The second kappa shape index (κ2) is 9.20. The Morgan fingerprint density at radius 2 is 1.80 bits per heavy atom. The van der Waals surface area contributed by atoms with Gasteiger partial charge in [0.1, 0.15) is 6.04 Å². The maximum Gasteiger partial charge on any atom is 0.253 e. The van der Waals surface area contributed by atoms with Crippen molar-refractivity contribution < 1.29 is 9.59 Å². The third-order valence-electron chi connectivity index (χ3n) is 4.69. The number of hydrogen-bond acceptors (Lipinski definition) is 3. The van der Waals surface area contributed by atoms with Gasteiger partial charge >= 0.3 is 0 Å². The number of carbonyl (C=O) groups is 2. The Kier molecular flexibility index (Phi) is 7.26. The molecule has 1 saturated heterocycles. The van der Waals surface area contributed by atoms with Gasteiger partial charge in [-0.25, -0.2) is 0 Å². The number of carbonyl (C=O) groups excluding carboxylic acids is 2. The topological polar surface area (TPSA) is 61.4 Å². The van der Waals surface area contributed by atoms with E-state index < -0.39 is 6.04 Å². The second-order valence-electron chi connectivity index (χ2n) is 7.01. The van der Waals surface area contributed by atoms with E-state index in [-0.39, 0.29) is 17.7 Å². The van der Waals surface area contributed by atoms with Crippen LogP contribution < -0.4 is 10.6 Å². The average molecular weight is 366 g/mol. The van der Waals surface area contributed by atoms with Crippen molar-refractivity contribution in [2.45, 2.75) is 45.7 Å². The smallest absolute Gasteiger partial charge is 0.253 e. The van der Waals surface area contributed by atoms with Crippen molar-refractivity contribution in [3.63, 3.8) is 0 Å². The van der Waals surface area contributed by atoms with Crippen molar-refractivity contribution in [2.24, 2.45) is 5.92 Å². The Labute approximate surface area is 155 Å². The highest BCUT2D eigenvalue weighted by Crippen LogP contribution is 2.16. The van der Waals surface area contributed by atoms with E-state index in [0.29, 0.717) is 23.2 Å². The highest BCUT2D eigenvalue weighted by Gasteiger charge is 2.26. The van der Waals surface area contributed by atoms with Crippen LogP contribution in [0.5, 0.6) is 0 Å². The van der Waals surface area contributed by atoms with Crippen LogP contribution in [0.4, 0.5) is 0 Å². The van der Waals surface area contributed by atoms with Crippen molar-refractivity contribution in [1.82, 2.24) is 15.5 Å². The molecule has 2 rings (SSSR count). The number of nitrogens with zero attached hydrogens (tertiary/aromatic N) is 1. The zero-order valence-electron chi connectivity index (χ0n) is 15.2. The molecule has 1 heterocycles. The predicted molar refractivity (Wildman–Crippen MR) is 101 cm³/mol. The van der Waals surface area contributed by atoms with E-state index >= 15 is 0 Å². The molecule has 1 aliphatic rings. The van der Waals surface area contributed by atoms with Crippen LogP contribution in [-0.2, 0) is 4.79 Å². The number of rotatable bonds is 7. The number of nitrogens with one attached hydrogen (secondary N) is 2. The molecule has 2 amide bonds. The summed E-state index contributed by atoms with van der Waals surface area (Å²) in [5.74, 6) is -0.498. The first-order valence-corrected chi connectivity index (χ1v) is 9.35. The normalized spacial score (nSPS) is 17.3. The zero-order valence-corrected chi connectivity index (χ0v) is 16.0.